The van der Waals surface area contributed by atoms with Gasteiger partial charge in [0, 0.05) is 69.0 Å². The number of aromatic nitrogens is 1. The molecule has 38 heavy (non-hydrogen) atoms. The summed E-state index contributed by atoms with van der Waals surface area (Å²) in [5.41, 5.74) is 2.28. The van der Waals surface area contributed by atoms with Crippen LogP contribution in [0.4, 0.5) is 4.39 Å². The smallest absolute Gasteiger partial charge is 0.295 e. The number of hydrogen-bond donors (Lipinski definition) is 1. The highest BCUT2D eigenvalue weighted by atomic mass is 19.1. The first-order valence-corrected chi connectivity index (χ1v) is 13.1. The molecule has 5 rings (SSSR count). The molecular weight excluding hydrogens is 487 g/mol. The average Bonchev–Trinajstić information content (AvgIpc) is 3.36. The number of carbonyl (C=O) groups excluding carboxylic acids is 3. The molecule has 0 saturated carbocycles. The van der Waals surface area contributed by atoms with E-state index in [0.29, 0.717) is 73.9 Å². The maximum absolute atomic E-state index is 13.6. The van der Waals surface area contributed by atoms with Crippen LogP contribution in [0, 0.1) is 11.7 Å². The number of hydrogen-bond acceptors (Lipinski definition) is 5. The van der Waals surface area contributed by atoms with Crippen LogP contribution in [0.5, 0.6) is 5.75 Å². The molecule has 3 aromatic rings. The molecule has 0 radical (unpaired) electrons. The molecule has 9 heteroatoms. The van der Waals surface area contributed by atoms with Gasteiger partial charge in [-0.2, -0.15) is 0 Å². The largest absolute Gasteiger partial charge is 0.496 e. The maximum atomic E-state index is 13.6. The SMILES string of the molecule is COc1cc2[nH]cc(C(=O)C(=O)N3CCC(C)CC3)c2cc1C(=O)N1CCN(Cc2ccc(F)cc2)CC1. The molecule has 3 heterocycles. The van der Waals surface area contributed by atoms with Crippen molar-refractivity contribution in [3.05, 3.63) is 65.1 Å². The number of piperidine rings is 1. The quantitative estimate of drug-likeness (QED) is 0.396. The van der Waals surface area contributed by atoms with Gasteiger partial charge in [0.25, 0.3) is 17.6 Å². The Balaban J connectivity index is 1.31. The Bertz CT molecular complexity index is 1340. The van der Waals surface area contributed by atoms with E-state index >= 15 is 0 Å². The Morgan fingerprint density at radius 1 is 0.947 bits per heavy atom. The number of methoxy groups -OCH3 is 1. The molecule has 0 aliphatic carbocycles. The summed E-state index contributed by atoms with van der Waals surface area (Å²) in [6, 6.07) is 9.84. The van der Waals surface area contributed by atoms with Crippen LogP contribution in [-0.2, 0) is 11.3 Å². The van der Waals surface area contributed by atoms with Gasteiger partial charge in [-0.1, -0.05) is 19.1 Å². The van der Waals surface area contributed by atoms with Crippen molar-refractivity contribution >= 4 is 28.5 Å². The molecule has 2 fully saturated rings. The van der Waals surface area contributed by atoms with Gasteiger partial charge in [0.05, 0.1) is 18.2 Å². The van der Waals surface area contributed by atoms with Crippen molar-refractivity contribution in [2.45, 2.75) is 26.3 Å². The highest BCUT2D eigenvalue weighted by Gasteiger charge is 2.30. The van der Waals surface area contributed by atoms with Crippen molar-refractivity contribution in [3.63, 3.8) is 0 Å². The minimum absolute atomic E-state index is 0.180. The van der Waals surface area contributed by atoms with Gasteiger partial charge in [-0.3, -0.25) is 19.3 Å². The number of rotatable bonds is 6. The number of halogens is 1. The van der Waals surface area contributed by atoms with E-state index < -0.39 is 11.7 Å². The lowest BCUT2D eigenvalue weighted by atomic mass is 9.98. The fraction of sp³-hybridized carbons (Fsp3) is 0.414. The monoisotopic (exact) mass is 520 g/mol. The number of carbonyl (C=O) groups is 3. The number of nitrogens with zero attached hydrogens (tertiary/aromatic N) is 3. The van der Waals surface area contributed by atoms with Gasteiger partial charge in [0.1, 0.15) is 11.6 Å². The lowest BCUT2D eigenvalue weighted by Gasteiger charge is -2.35. The van der Waals surface area contributed by atoms with E-state index in [4.69, 9.17) is 4.74 Å². The molecule has 0 bridgehead atoms. The van der Waals surface area contributed by atoms with Crippen molar-refractivity contribution in [3.8, 4) is 5.75 Å². The third-order valence-corrected chi connectivity index (χ3v) is 7.72. The zero-order valence-electron chi connectivity index (χ0n) is 21.8. The summed E-state index contributed by atoms with van der Waals surface area (Å²) in [7, 11) is 1.51. The van der Waals surface area contributed by atoms with Gasteiger partial charge < -0.3 is 19.5 Å². The van der Waals surface area contributed by atoms with Gasteiger partial charge in [-0.25, -0.2) is 4.39 Å². The molecule has 2 amide bonds. The number of piperazine rings is 1. The van der Waals surface area contributed by atoms with Gasteiger partial charge in [-0.05, 0) is 42.5 Å². The van der Waals surface area contributed by atoms with Crippen LogP contribution >= 0.6 is 0 Å². The topological polar surface area (TPSA) is 85.9 Å². The van der Waals surface area contributed by atoms with Crippen molar-refractivity contribution in [2.75, 3.05) is 46.4 Å². The third kappa shape index (κ3) is 5.29. The number of amides is 2. The summed E-state index contributed by atoms with van der Waals surface area (Å²) in [5.74, 6) is -0.543. The lowest BCUT2D eigenvalue weighted by Crippen LogP contribution is -2.48. The number of nitrogens with one attached hydrogen (secondary N) is 1. The maximum Gasteiger partial charge on any atom is 0.295 e. The molecule has 1 aromatic heterocycles. The Hall–Kier alpha value is -3.72. The molecule has 2 aliphatic heterocycles. The minimum Gasteiger partial charge on any atom is -0.496 e. The van der Waals surface area contributed by atoms with Crippen molar-refractivity contribution in [2.24, 2.45) is 5.92 Å². The first-order chi connectivity index (χ1) is 18.3. The number of aromatic amines is 1. The average molecular weight is 521 g/mol. The molecule has 1 N–H and O–H groups in total. The van der Waals surface area contributed by atoms with Crippen molar-refractivity contribution in [1.82, 2.24) is 19.7 Å². The molecule has 0 spiro atoms. The van der Waals surface area contributed by atoms with Gasteiger partial charge >= 0.3 is 0 Å². The van der Waals surface area contributed by atoms with Crippen molar-refractivity contribution < 1.29 is 23.5 Å². The van der Waals surface area contributed by atoms with Crippen LogP contribution in [0.15, 0.2) is 42.6 Å². The van der Waals surface area contributed by atoms with Crippen LogP contribution in [0.3, 0.4) is 0 Å². The molecule has 2 saturated heterocycles. The lowest BCUT2D eigenvalue weighted by molar-refractivity contribution is -0.127. The van der Waals surface area contributed by atoms with E-state index in [0.717, 1.165) is 18.4 Å². The number of likely N-dealkylation sites (tertiary alicyclic amines) is 1. The van der Waals surface area contributed by atoms with E-state index in [-0.39, 0.29) is 17.3 Å². The predicted molar refractivity (Wildman–Crippen MR) is 142 cm³/mol. The van der Waals surface area contributed by atoms with Crippen LogP contribution in [0.25, 0.3) is 10.9 Å². The molecule has 0 atom stereocenters. The second-order valence-corrected chi connectivity index (χ2v) is 10.3. The van der Waals surface area contributed by atoms with Crippen LogP contribution < -0.4 is 4.74 Å². The fourth-order valence-corrected chi connectivity index (χ4v) is 5.27. The number of H-pyrrole nitrogens is 1. The predicted octanol–water partition coefficient (Wildman–Crippen LogP) is 3.71. The van der Waals surface area contributed by atoms with Crippen LogP contribution in [-0.4, -0.2) is 83.7 Å². The van der Waals surface area contributed by atoms with E-state index in [1.54, 1.807) is 40.3 Å². The summed E-state index contributed by atoms with van der Waals surface area (Å²) >= 11 is 0. The summed E-state index contributed by atoms with van der Waals surface area (Å²) in [6.45, 7) is 6.45. The second-order valence-electron chi connectivity index (χ2n) is 10.3. The number of fused-ring (bicyclic) bond motifs is 1. The van der Waals surface area contributed by atoms with Gasteiger partial charge in [-0.15, -0.1) is 0 Å². The minimum atomic E-state index is -0.566. The number of ketones is 1. The van der Waals surface area contributed by atoms with Gasteiger partial charge in [0.2, 0.25) is 0 Å². The first kappa shape index (κ1) is 25.9. The molecule has 200 valence electrons. The highest BCUT2D eigenvalue weighted by Crippen LogP contribution is 2.30. The van der Waals surface area contributed by atoms with E-state index in [1.165, 1.54) is 19.2 Å². The zero-order chi connectivity index (χ0) is 26.8. The molecule has 2 aromatic carbocycles. The molecular formula is C29H33FN4O4. The Morgan fingerprint density at radius 3 is 2.29 bits per heavy atom. The standard InChI is InChI=1S/C29H33FN4O4/c1-19-7-9-33(10-8-19)29(37)27(35)24-17-31-25-16-26(38-2)23(15-22(24)25)28(36)34-13-11-32(12-14-34)18-20-3-5-21(30)6-4-20/h3-6,15-17,19,31H,7-14,18H2,1-2H3. The first-order valence-electron chi connectivity index (χ1n) is 13.1. The van der Waals surface area contributed by atoms with Crippen LogP contribution in [0.1, 0.15) is 46.0 Å². The molecule has 0 unspecified atom stereocenters. The number of ether oxygens (including phenoxy) is 1. The summed E-state index contributed by atoms with van der Waals surface area (Å²) in [4.78, 5) is 48.4. The summed E-state index contributed by atoms with van der Waals surface area (Å²) < 4.78 is 18.7. The van der Waals surface area contributed by atoms with E-state index in [1.807, 2.05) is 0 Å². The highest BCUT2D eigenvalue weighted by molar-refractivity contribution is 6.45. The summed E-state index contributed by atoms with van der Waals surface area (Å²) in [6.07, 6.45) is 3.32. The van der Waals surface area contributed by atoms with Crippen molar-refractivity contribution in [1.29, 1.82) is 0 Å². The molecule has 2 aliphatic rings. The van der Waals surface area contributed by atoms with E-state index in [9.17, 15) is 18.8 Å². The fourth-order valence-electron chi connectivity index (χ4n) is 5.27. The van der Waals surface area contributed by atoms with E-state index in [2.05, 4.69) is 16.8 Å². The Morgan fingerprint density at radius 2 is 1.63 bits per heavy atom. The third-order valence-electron chi connectivity index (χ3n) is 7.72. The Labute approximate surface area is 221 Å². The summed E-state index contributed by atoms with van der Waals surface area (Å²) in [5, 5.41) is 0.535. The van der Waals surface area contributed by atoms with Gasteiger partial charge in [0.15, 0.2) is 0 Å². The number of Topliss-reactive ketones (excluding diaryl/α,β-unsaturated/α-hetero) is 1. The number of benzene rings is 2. The molecule has 8 nitrogen and oxygen atoms in total. The second kappa shape index (κ2) is 10.9. The van der Waals surface area contributed by atoms with Crippen LogP contribution in [0.2, 0.25) is 0 Å². The normalized spacial score (nSPS) is 17.1. The Kier molecular flexibility index (Phi) is 7.46. The zero-order valence-corrected chi connectivity index (χ0v) is 21.8.